The predicted octanol–water partition coefficient (Wildman–Crippen LogP) is 2.23. The van der Waals surface area contributed by atoms with Gasteiger partial charge in [-0.15, -0.1) is 0 Å². The minimum absolute atomic E-state index is 0.117. The fourth-order valence-electron chi connectivity index (χ4n) is 3.51. The summed E-state index contributed by atoms with van der Waals surface area (Å²) in [6, 6.07) is 0.537. The summed E-state index contributed by atoms with van der Waals surface area (Å²) in [7, 11) is 0. The molecule has 0 spiro atoms. The highest BCUT2D eigenvalue weighted by atomic mass is 15.3. The molecule has 2 nitrogen and oxygen atoms in total. The molecule has 2 rings (SSSR count). The van der Waals surface area contributed by atoms with E-state index in [0.717, 1.165) is 5.92 Å². The number of rotatable bonds is 0. The molecule has 3 atom stereocenters. The maximum absolute atomic E-state index is 6.53. The summed E-state index contributed by atoms with van der Waals surface area (Å²) in [6.45, 7) is 15.1. The normalized spacial score (nSPS) is 41.8. The lowest BCUT2D eigenvalue weighted by molar-refractivity contribution is 0.0316. The van der Waals surface area contributed by atoms with Crippen molar-refractivity contribution >= 4 is 0 Å². The van der Waals surface area contributed by atoms with Crippen molar-refractivity contribution in [1.29, 1.82) is 0 Å². The Hall–Kier alpha value is -0.0800. The van der Waals surface area contributed by atoms with E-state index in [-0.39, 0.29) is 16.5 Å². The topological polar surface area (TPSA) is 29.3 Å². The predicted molar refractivity (Wildman–Crippen MR) is 64.7 cm³/mol. The van der Waals surface area contributed by atoms with E-state index in [9.17, 15) is 0 Å². The van der Waals surface area contributed by atoms with Crippen LogP contribution in [0.1, 0.15) is 48.0 Å². The van der Waals surface area contributed by atoms with E-state index >= 15 is 0 Å². The van der Waals surface area contributed by atoms with Gasteiger partial charge in [-0.05, 0) is 38.5 Å². The molecule has 1 aliphatic carbocycles. The summed E-state index contributed by atoms with van der Waals surface area (Å²) < 4.78 is 0. The second-order valence-electron chi connectivity index (χ2n) is 7.61. The molecular formula is C13H26N2. The van der Waals surface area contributed by atoms with Gasteiger partial charge >= 0.3 is 0 Å². The average Bonchev–Trinajstić information content (AvgIpc) is 2.47. The van der Waals surface area contributed by atoms with Crippen molar-refractivity contribution < 1.29 is 0 Å². The molecular weight excluding hydrogens is 184 g/mol. The largest absolute Gasteiger partial charge is 0.323 e. The molecule has 0 amide bonds. The lowest BCUT2D eigenvalue weighted by atomic mass is 9.79. The van der Waals surface area contributed by atoms with Crippen LogP contribution in [0.5, 0.6) is 0 Å². The standard InChI is InChI=1S/C13H26N2/c1-11(2,3)10-13(14)7-9(13)8-15(10)12(4,5)6/h9-10H,7-8,14H2,1-6H3/t9?,10?,13-/m1/s1. The molecule has 2 heteroatoms. The maximum Gasteiger partial charge on any atom is 0.0362 e. The van der Waals surface area contributed by atoms with Crippen LogP contribution in [0, 0.1) is 11.3 Å². The molecule has 1 saturated carbocycles. The molecule has 1 aliphatic heterocycles. The first-order chi connectivity index (χ1) is 6.57. The van der Waals surface area contributed by atoms with Crippen molar-refractivity contribution in [2.24, 2.45) is 17.1 Å². The van der Waals surface area contributed by atoms with Gasteiger partial charge < -0.3 is 5.73 Å². The van der Waals surface area contributed by atoms with E-state index < -0.39 is 0 Å². The molecule has 0 bridgehead atoms. The van der Waals surface area contributed by atoms with Gasteiger partial charge in [0.05, 0.1) is 0 Å². The first-order valence-corrected chi connectivity index (χ1v) is 6.12. The van der Waals surface area contributed by atoms with Gasteiger partial charge in [-0.1, -0.05) is 20.8 Å². The van der Waals surface area contributed by atoms with Crippen LogP contribution in [-0.4, -0.2) is 28.6 Å². The summed E-state index contributed by atoms with van der Waals surface area (Å²) in [6.07, 6.45) is 1.24. The molecule has 0 aromatic carbocycles. The third kappa shape index (κ3) is 1.62. The Labute approximate surface area is 94.2 Å². The number of hydrogen-bond acceptors (Lipinski definition) is 2. The lowest BCUT2D eigenvalue weighted by Crippen LogP contribution is -2.57. The molecule has 0 aromatic rings. The van der Waals surface area contributed by atoms with Gasteiger partial charge in [-0.2, -0.15) is 0 Å². The molecule has 88 valence electrons. The average molecular weight is 210 g/mol. The monoisotopic (exact) mass is 210 g/mol. The van der Waals surface area contributed by atoms with Crippen molar-refractivity contribution in [3.05, 3.63) is 0 Å². The van der Waals surface area contributed by atoms with Crippen molar-refractivity contribution in [3.8, 4) is 0 Å². The van der Waals surface area contributed by atoms with E-state index in [1.54, 1.807) is 0 Å². The van der Waals surface area contributed by atoms with Crippen molar-refractivity contribution in [3.63, 3.8) is 0 Å². The SMILES string of the molecule is CC(C)(C)C1N(C(C)(C)C)CC2C[C@@]21N. The van der Waals surface area contributed by atoms with Gasteiger partial charge in [-0.25, -0.2) is 0 Å². The molecule has 0 aromatic heterocycles. The van der Waals surface area contributed by atoms with Gasteiger partial charge in [-0.3, -0.25) is 4.90 Å². The first-order valence-electron chi connectivity index (χ1n) is 6.12. The number of nitrogens with two attached hydrogens (primary N) is 1. The van der Waals surface area contributed by atoms with Gasteiger partial charge in [0, 0.05) is 23.7 Å². The third-order valence-corrected chi connectivity index (χ3v) is 4.12. The van der Waals surface area contributed by atoms with Crippen LogP contribution < -0.4 is 5.73 Å². The van der Waals surface area contributed by atoms with E-state index in [1.165, 1.54) is 13.0 Å². The number of fused-ring (bicyclic) bond motifs is 1. The van der Waals surface area contributed by atoms with Crippen LogP contribution in [0.15, 0.2) is 0 Å². The van der Waals surface area contributed by atoms with Crippen molar-refractivity contribution in [1.82, 2.24) is 4.90 Å². The van der Waals surface area contributed by atoms with E-state index in [2.05, 4.69) is 46.4 Å². The summed E-state index contributed by atoms with van der Waals surface area (Å²) in [5.74, 6) is 0.751. The Morgan fingerprint density at radius 2 is 1.67 bits per heavy atom. The number of nitrogens with zero attached hydrogens (tertiary/aromatic N) is 1. The van der Waals surface area contributed by atoms with Crippen LogP contribution in [0.4, 0.5) is 0 Å². The zero-order valence-corrected chi connectivity index (χ0v) is 11.1. The molecule has 0 radical (unpaired) electrons. The molecule has 15 heavy (non-hydrogen) atoms. The Morgan fingerprint density at radius 3 is 2.00 bits per heavy atom. The fraction of sp³-hybridized carbons (Fsp3) is 1.00. The van der Waals surface area contributed by atoms with Crippen molar-refractivity contribution in [2.45, 2.75) is 65.1 Å². The highest BCUT2D eigenvalue weighted by Gasteiger charge is 2.67. The lowest BCUT2D eigenvalue weighted by Gasteiger charge is -2.46. The quantitative estimate of drug-likeness (QED) is 0.664. The Kier molecular flexibility index (Phi) is 2.11. The van der Waals surface area contributed by atoms with Gasteiger partial charge in [0.2, 0.25) is 0 Å². The third-order valence-electron chi connectivity index (χ3n) is 4.12. The van der Waals surface area contributed by atoms with Crippen LogP contribution in [0.3, 0.4) is 0 Å². The second kappa shape index (κ2) is 2.78. The van der Waals surface area contributed by atoms with Crippen LogP contribution in [0.2, 0.25) is 0 Å². The first kappa shape index (κ1) is 11.4. The van der Waals surface area contributed by atoms with Gasteiger partial charge in [0.25, 0.3) is 0 Å². The van der Waals surface area contributed by atoms with E-state index in [4.69, 9.17) is 5.73 Å². The number of piperidine rings is 1. The van der Waals surface area contributed by atoms with Crippen LogP contribution in [-0.2, 0) is 0 Å². The summed E-state index contributed by atoms with van der Waals surface area (Å²) in [5, 5.41) is 0. The minimum Gasteiger partial charge on any atom is -0.323 e. The summed E-state index contributed by atoms with van der Waals surface area (Å²) >= 11 is 0. The summed E-state index contributed by atoms with van der Waals surface area (Å²) in [4.78, 5) is 2.63. The minimum atomic E-state index is 0.117. The van der Waals surface area contributed by atoms with Crippen LogP contribution >= 0.6 is 0 Å². The maximum atomic E-state index is 6.53. The molecule has 1 heterocycles. The zero-order valence-electron chi connectivity index (χ0n) is 11.1. The molecule has 2 aliphatic rings. The number of likely N-dealkylation sites (tertiary alicyclic amines) is 1. The van der Waals surface area contributed by atoms with E-state index in [1.807, 2.05) is 0 Å². The fourth-order valence-corrected chi connectivity index (χ4v) is 3.51. The van der Waals surface area contributed by atoms with Gasteiger partial charge in [0.1, 0.15) is 0 Å². The Bertz CT molecular complexity index is 271. The zero-order chi connectivity index (χ0) is 11.6. The number of hydrogen-bond donors (Lipinski definition) is 1. The van der Waals surface area contributed by atoms with E-state index in [0.29, 0.717) is 6.04 Å². The summed E-state index contributed by atoms with van der Waals surface area (Å²) in [5.41, 5.74) is 7.18. The Morgan fingerprint density at radius 1 is 1.13 bits per heavy atom. The smallest absolute Gasteiger partial charge is 0.0362 e. The van der Waals surface area contributed by atoms with Crippen LogP contribution in [0.25, 0.3) is 0 Å². The van der Waals surface area contributed by atoms with Gasteiger partial charge in [0.15, 0.2) is 0 Å². The molecule has 2 unspecified atom stereocenters. The molecule has 2 N–H and O–H groups in total. The Balaban J connectivity index is 2.29. The second-order valence-corrected chi connectivity index (χ2v) is 7.61. The molecule has 2 fully saturated rings. The van der Waals surface area contributed by atoms with Crippen molar-refractivity contribution in [2.75, 3.05) is 6.54 Å². The highest BCUT2D eigenvalue weighted by molar-refractivity contribution is 5.24. The molecule has 1 saturated heterocycles. The highest BCUT2D eigenvalue weighted by Crippen LogP contribution is 2.57.